The normalized spacial score (nSPS) is 12.4. The Hall–Kier alpha value is -1.40. The zero-order chi connectivity index (χ0) is 13.1. The second-order valence-corrected chi connectivity index (χ2v) is 4.97. The molecule has 0 aliphatic heterocycles. The van der Waals surface area contributed by atoms with Crippen LogP contribution in [-0.2, 0) is 6.61 Å². The predicted molar refractivity (Wildman–Crippen MR) is 70.1 cm³/mol. The number of aryl methyl sites for hydroxylation is 1. The molecule has 5 nitrogen and oxygen atoms in total. The van der Waals surface area contributed by atoms with Crippen LogP contribution in [0.5, 0.6) is 5.75 Å². The Kier molecular flexibility index (Phi) is 3.98. The molecular weight excluding hydrogens is 298 g/mol. The van der Waals surface area contributed by atoms with E-state index >= 15 is 0 Å². The molecule has 6 heteroatoms. The van der Waals surface area contributed by atoms with E-state index < -0.39 is 0 Å². The van der Waals surface area contributed by atoms with Crippen LogP contribution >= 0.6 is 15.9 Å². The maximum Gasteiger partial charge on any atom is 0.145 e. The van der Waals surface area contributed by atoms with Gasteiger partial charge in [0.05, 0.1) is 0 Å². The van der Waals surface area contributed by atoms with Gasteiger partial charge in [0.25, 0.3) is 0 Å². The van der Waals surface area contributed by atoms with E-state index in [1.165, 1.54) is 0 Å². The minimum Gasteiger partial charge on any atom is -0.487 e. The summed E-state index contributed by atoms with van der Waals surface area (Å²) in [6, 6.07) is 5.64. The van der Waals surface area contributed by atoms with Gasteiger partial charge in [-0.15, -0.1) is 0 Å². The fourth-order valence-corrected chi connectivity index (χ4v) is 1.91. The molecule has 0 unspecified atom stereocenters. The Bertz CT molecular complexity index is 540. The summed E-state index contributed by atoms with van der Waals surface area (Å²) in [4.78, 5) is 0. The summed E-state index contributed by atoms with van der Waals surface area (Å²) in [7, 11) is 0. The highest BCUT2D eigenvalue weighted by Gasteiger charge is 2.11. The Labute approximate surface area is 113 Å². The van der Waals surface area contributed by atoms with Crippen LogP contribution in [0.4, 0.5) is 0 Å². The Morgan fingerprint density at radius 2 is 2.22 bits per heavy atom. The summed E-state index contributed by atoms with van der Waals surface area (Å²) in [5.41, 5.74) is 8.28. The zero-order valence-corrected chi connectivity index (χ0v) is 11.8. The maximum absolute atomic E-state index is 5.91. The van der Waals surface area contributed by atoms with E-state index in [4.69, 9.17) is 10.5 Å². The lowest BCUT2D eigenvalue weighted by atomic mass is 10.1. The first-order valence-electron chi connectivity index (χ1n) is 5.54. The van der Waals surface area contributed by atoms with E-state index in [2.05, 4.69) is 30.9 Å². The van der Waals surface area contributed by atoms with Crippen LogP contribution in [-0.4, -0.2) is 10.3 Å². The number of nitrogens with two attached hydrogens (primary N) is 1. The molecule has 0 saturated carbocycles. The van der Waals surface area contributed by atoms with E-state index in [1.54, 1.807) is 0 Å². The number of benzene rings is 1. The molecule has 2 rings (SSSR count). The summed E-state index contributed by atoms with van der Waals surface area (Å²) >= 11 is 3.42. The van der Waals surface area contributed by atoms with Crippen LogP contribution < -0.4 is 10.5 Å². The first kappa shape index (κ1) is 13.0. The molecule has 0 spiro atoms. The van der Waals surface area contributed by atoms with Crippen LogP contribution in [0.15, 0.2) is 27.3 Å². The fraction of sp³-hybridized carbons (Fsp3) is 0.333. The third-order valence-corrected chi connectivity index (χ3v) is 3.07. The predicted octanol–water partition coefficient (Wildman–Crippen LogP) is 2.74. The lowest BCUT2D eigenvalue weighted by Gasteiger charge is -2.13. The molecule has 0 aliphatic rings. The summed E-state index contributed by atoms with van der Waals surface area (Å²) < 4.78 is 11.3. The standard InChI is InChI=1S/C12H14BrN3O2/c1-7(14)10-5-9(13)3-4-12(10)17-6-11-8(2)15-18-16-11/h3-5,7H,6,14H2,1-2H3/t7-/m1/s1. The van der Waals surface area contributed by atoms with Crippen molar-refractivity contribution in [2.75, 3.05) is 0 Å². The van der Waals surface area contributed by atoms with Gasteiger partial charge < -0.3 is 10.5 Å². The van der Waals surface area contributed by atoms with Gasteiger partial charge in [-0.05, 0) is 32.0 Å². The van der Waals surface area contributed by atoms with Crippen molar-refractivity contribution in [2.24, 2.45) is 5.73 Å². The highest BCUT2D eigenvalue weighted by molar-refractivity contribution is 9.10. The van der Waals surface area contributed by atoms with E-state index in [1.807, 2.05) is 32.0 Å². The number of halogens is 1. The molecule has 2 aromatic rings. The largest absolute Gasteiger partial charge is 0.487 e. The molecular formula is C12H14BrN3O2. The minimum absolute atomic E-state index is 0.103. The van der Waals surface area contributed by atoms with E-state index in [0.29, 0.717) is 12.3 Å². The third kappa shape index (κ3) is 2.88. The SMILES string of the molecule is Cc1nonc1COc1ccc(Br)cc1[C@@H](C)N. The molecule has 0 aliphatic carbocycles. The fourth-order valence-electron chi connectivity index (χ4n) is 1.53. The average molecular weight is 312 g/mol. The van der Waals surface area contributed by atoms with Crippen LogP contribution in [0.2, 0.25) is 0 Å². The summed E-state index contributed by atoms with van der Waals surface area (Å²) in [6.45, 7) is 4.05. The number of rotatable bonds is 4. The summed E-state index contributed by atoms with van der Waals surface area (Å²) in [6.07, 6.45) is 0. The maximum atomic E-state index is 5.91. The second-order valence-electron chi connectivity index (χ2n) is 4.06. The van der Waals surface area contributed by atoms with Gasteiger partial charge in [0, 0.05) is 16.1 Å². The smallest absolute Gasteiger partial charge is 0.145 e. The second kappa shape index (κ2) is 5.49. The van der Waals surface area contributed by atoms with Crippen LogP contribution in [0.1, 0.15) is 29.9 Å². The molecule has 1 aromatic heterocycles. The number of ether oxygens (including phenoxy) is 1. The quantitative estimate of drug-likeness (QED) is 0.939. The van der Waals surface area contributed by atoms with Gasteiger partial charge in [-0.2, -0.15) is 0 Å². The van der Waals surface area contributed by atoms with Crippen LogP contribution in [0.25, 0.3) is 0 Å². The van der Waals surface area contributed by atoms with E-state index in [9.17, 15) is 0 Å². The number of hydrogen-bond acceptors (Lipinski definition) is 5. The van der Waals surface area contributed by atoms with Crippen LogP contribution in [0.3, 0.4) is 0 Å². The molecule has 96 valence electrons. The van der Waals surface area contributed by atoms with Crippen molar-refractivity contribution < 1.29 is 9.37 Å². The molecule has 0 amide bonds. The molecule has 1 atom stereocenters. The highest BCUT2D eigenvalue weighted by atomic mass is 79.9. The lowest BCUT2D eigenvalue weighted by Crippen LogP contribution is -2.08. The van der Waals surface area contributed by atoms with Gasteiger partial charge in [0.2, 0.25) is 0 Å². The number of aromatic nitrogens is 2. The molecule has 1 heterocycles. The first-order chi connectivity index (χ1) is 8.58. The van der Waals surface area contributed by atoms with Gasteiger partial charge in [-0.3, -0.25) is 0 Å². The van der Waals surface area contributed by atoms with Gasteiger partial charge in [-0.1, -0.05) is 26.2 Å². The first-order valence-corrected chi connectivity index (χ1v) is 6.33. The minimum atomic E-state index is -0.103. The Morgan fingerprint density at radius 1 is 1.44 bits per heavy atom. The van der Waals surface area contributed by atoms with Gasteiger partial charge in [-0.25, -0.2) is 4.63 Å². The zero-order valence-electron chi connectivity index (χ0n) is 10.2. The molecule has 0 bridgehead atoms. The average Bonchev–Trinajstić information content (AvgIpc) is 2.73. The van der Waals surface area contributed by atoms with Crippen molar-refractivity contribution in [1.29, 1.82) is 0 Å². The van der Waals surface area contributed by atoms with E-state index in [0.717, 1.165) is 21.5 Å². The monoisotopic (exact) mass is 311 g/mol. The highest BCUT2D eigenvalue weighted by Crippen LogP contribution is 2.28. The van der Waals surface area contributed by atoms with E-state index in [-0.39, 0.29) is 6.04 Å². The Morgan fingerprint density at radius 3 is 2.83 bits per heavy atom. The summed E-state index contributed by atoms with van der Waals surface area (Å²) in [5, 5.41) is 7.47. The molecule has 18 heavy (non-hydrogen) atoms. The van der Waals surface area contributed by atoms with Gasteiger partial charge >= 0.3 is 0 Å². The third-order valence-electron chi connectivity index (χ3n) is 2.57. The topological polar surface area (TPSA) is 74.2 Å². The van der Waals surface area contributed by atoms with Gasteiger partial charge in [0.15, 0.2) is 0 Å². The lowest BCUT2D eigenvalue weighted by molar-refractivity contribution is 0.268. The van der Waals surface area contributed by atoms with Crippen molar-refractivity contribution in [3.05, 3.63) is 39.6 Å². The number of hydrogen-bond donors (Lipinski definition) is 1. The van der Waals surface area contributed by atoms with Crippen molar-refractivity contribution >= 4 is 15.9 Å². The molecule has 2 N–H and O–H groups in total. The van der Waals surface area contributed by atoms with Crippen molar-refractivity contribution in [1.82, 2.24) is 10.3 Å². The summed E-state index contributed by atoms with van der Waals surface area (Å²) in [5.74, 6) is 0.746. The van der Waals surface area contributed by atoms with Gasteiger partial charge in [0.1, 0.15) is 23.7 Å². The van der Waals surface area contributed by atoms with Crippen LogP contribution in [0, 0.1) is 6.92 Å². The molecule has 0 saturated heterocycles. The van der Waals surface area contributed by atoms with Crippen molar-refractivity contribution in [3.8, 4) is 5.75 Å². The Balaban J connectivity index is 2.16. The molecule has 0 fully saturated rings. The molecule has 0 radical (unpaired) electrons. The van der Waals surface area contributed by atoms with Crippen molar-refractivity contribution in [2.45, 2.75) is 26.5 Å². The molecule has 1 aromatic carbocycles. The van der Waals surface area contributed by atoms with Crippen molar-refractivity contribution in [3.63, 3.8) is 0 Å². The number of nitrogens with zero attached hydrogens (tertiary/aromatic N) is 2.